The molecule has 7 heteroatoms. The van der Waals surface area contributed by atoms with E-state index >= 15 is 0 Å². The Labute approximate surface area is 167 Å². The summed E-state index contributed by atoms with van der Waals surface area (Å²) in [7, 11) is 1.58. The molecule has 7 nitrogen and oxygen atoms in total. The van der Waals surface area contributed by atoms with E-state index in [0.29, 0.717) is 30.5 Å². The molecule has 3 rings (SSSR count). The first-order valence-electron chi connectivity index (χ1n) is 9.12. The van der Waals surface area contributed by atoms with Gasteiger partial charge in [-0.2, -0.15) is 0 Å². The van der Waals surface area contributed by atoms with Crippen molar-refractivity contribution in [2.75, 3.05) is 20.3 Å². The van der Waals surface area contributed by atoms with Crippen LogP contribution in [0.2, 0.25) is 0 Å². The maximum absolute atomic E-state index is 12.4. The maximum Gasteiger partial charge on any atom is 0.349 e. The Hall–Kier alpha value is -3.45. The van der Waals surface area contributed by atoms with Gasteiger partial charge in [0.1, 0.15) is 16.9 Å². The van der Waals surface area contributed by atoms with Crippen LogP contribution in [0.5, 0.6) is 5.75 Å². The zero-order valence-electron chi connectivity index (χ0n) is 16.2. The molecule has 0 saturated carbocycles. The third kappa shape index (κ3) is 4.89. The first kappa shape index (κ1) is 20.3. The van der Waals surface area contributed by atoms with Crippen molar-refractivity contribution in [2.45, 2.75) is 13.3 Å². The second-order valence-electron chi connectivity index (χ2n) is 6.45. The van der Waals surface area contributed by atoms with Gasteiger partial charge in [-0.05, 0) is 43.2 Å². The summed E-state index contributed by atoms with van der Waals surface area (Å²) in [5.74, 6) is -0.769. The Balaban J connectivity index is 1.79. The predicted octanol–water partition coefficient (Wildman–Crippen LogP) is 3.09. The van der Waals surface area contributed by atoms with Crippen LogP contribution in [0, 0.1) is 6.92 Å². The van der Waals surface area contributed by atoms with Crippen molar-refractivity contribution in [3.8, 4) is 5.75 Å². The highest BCUT2D eigenvalue weighted by Crippen LogP contribution is 2.22. The summed E-state index contributed by atoms with van der Waals surface area (Å²) in [6.07, 6.45) is 0.636. The van der Waals surface area contributed by atoms with E-state index in [1.54, 1.807) is 31.4 Å². The predicted molar refractivity (Wildman–Crippen MR) is 107 cm³/mol. The van der Waals surface area contributed by atoms with Crippen molar-refractivity contribution in [1.29, 1.82) is 0 Å². The monoisotopic (exact) mass is 395 g/mol. The number of hydrogen-bond acceptors (Lipinski definition) is 6. The Bertz CT molecular complexity index is 1100. The molecule has 0 unspecified atom stereocenters. The van der Waals surface area contributed by atoms with Gasteiger partial charge >= 0.3 is 11.6 Å². The molecule has 0 aliphatic carbocycles. The van der Waals surface area contributed by atoms with Gasteiger partial charge in [0, 0.05) is 31.7 Å². The highest BCUT2D eigenvalue weighted by molar-refractivity contribution is 5.97. The second kappa shape index (κ2) is 9.16. The van der Waals surface area contributed by atoms with Gasteiger partial charge in [0.05, 0.1) is 5.56 Å². The van der Waals surface area contributed by atoms with Gasteiger partial charge in [0.2, 0.25) is 0 Å². The van der Waals surface area contributed by atoms with E-state index < -0.39 is 17.5 Å². The fourth-order valence-corrected chi connectivity index (χ4v) is 2.79. The van der Waals surface area contributed by atoms with E-state index in [4.69, 9.17) is 13.9 Å². The number of hydrogen-bond donors (Lipinski definition) is 1. The Kier molecular flexibility index (Phi) is 6.41. The van der Waals surface area contributed by atoms with Gasteiger partial charge in [-0.25, -0.2) is 9.59 Å². The van der Waals surface area contributed by atoms with E-state index in [1.807, 2.05) is 19.1 Å². The minimum Gasteiger partial charge on any atom is -0.423 e. The van der Waals surface area contributed by atoms with Gasteiger partial charge in [-0.3, -0.25) is 4.79 Å². The van der Waals surface area contributed by atoms with Crippen molar-refractivity contribution in [3.63, 3.8) is 0 Å². The summed E-state index contributed by atoms with van der Waals surface area (Å²) in [4.78, 5) is 36.7. The highest BCUT2D eigenvalue weighted by Gasteiger charge is 2.15. The summed E-state index contributed by atoms with van der Waals surface area (Å²) in [5, 5.41) is 3.20. The standard InChI is InChI=1S/C22H21NO6/c1-14-6-3-4-7-17(14)21(25)28-16-9-8-15-12-18(22(26)29-19(15)13-16)20(24)23-10-5-11-27-2/h3-4,6-9,12-13H,5,10-11H2,1-2H3,(H,23,24). The molecule has 0 saturated heterocycles. The summed E-state index contributed by atoms with van der Waals surface area (Å²) in [6, 6.07) is 13.2. The lowest BCUT2D eigenvalue weighted by Gasteiger charge is -2.08. The summed E-state index contributed by atoms with van der Waals surface area (Å²) in [5.41, 5.74) is 0.630. The van der Waals surface area contributed by atoms with Crippen molar-refractivity contribution in [1.82, 2.24) is 5.32 Å². The van der Waals surface area contributed by atoms with Gasteiger partial charge in [-0.1, -0.05) is 18.2 Å². The molecule has 3 aromatic rings. The minimum atomic E-state index is -0.760. The number of esters is 1. The van der Waals surface area contributed by atoms with Crippen LogP contribution < -0.4 is 15.7 Å². The van der Waals surface area contributed by atoms with Crippen molar-refractivity contribution in [3.05, 3.63) is 75.6 Å². The largest absolute Gasteiger partial charge is 0.423 e. The number of rotatable bonds is 7. The van der Waals surface area contributed by atoms with Crippen molar-refractivity contribution >= 4 is 22.8 Å². The molecular weight excluding hydrogens is 374 g/mol. The molecule has 150 valence electrons. The Morgan fingerprint density at radius 1 is 1.07 bits per heavy atom. The molecule has 1 aromatic heterocycles. The van der Waals surface area contributed by atoms with Crippen LogP contribution in [0.1, 0.15) is 32.7 Å². The SMILES string of the molecule is COCCCNC(=O)c1cc2ccc(OC(=O)c3ccccc3C)cc2oc1=O. The second-order valence-corrected chi connectivity index (χ2v) is 6.45. The first-order chi connectivity index (χ1) is 14.0. The van der Waals surface area contributed by atoms with Crippen molar-refractivity contribution < 1.29 is 23.5 Å². The van der Waals surface area contributed by atoms with E-state index in [1.165, 1.54) is 12.1 Å². The summed E-state index contributed by atoms with van der Waals surface area (Å²) >= 11 is 0. The zero-order chi connectivity index (χ0) is 20.8. The number of fused-ring (bicyclic) bond motifs is 1. The van der Waals surface area contributed by atoms with E-state index in [0.717, 1.165) is 5.56 Å². The normalized spacial score (nSPS) is 10.7. The molecule has 0 aliphatic rings. The van der Waals surface area contributed by atoms with E-state index in [-0.39, 0.29) is 16.9 Å². The molecular formula is C22H21NO6. The highest BCUT2D eigenvalue weighted by atomic mass is 16.5. The molecule has 0 bridgehead atoms. The lowest BCUT2D eigenvalue weighted by atomic mass is 10.1. The molecule has 0 spiro atoms. The van der Waals surface area contributed by atoms with Crippen LogP contribution in [-0.2, 0) is 4.74 Å². The molecule has 1 heterocycles. The van der Waals surface area contributed by atoms with Crippen LogP contribution in [0.25, 0.3) is 11.0 Å². The smallest absolute Gasteiger partial charge is 0.349 e. The van der Waals surface area contributed by atoms with Crippen LogP contribution in [-0.4, -0.2) is 32.1 Å². The number of nitrogens with one attached hydrogen (secondary N) is 1. The third-order valence-corrected chi connectivity index (χ3v) is 4.34. The van der Waals surface area contributed by atoms with E-state index in [9.17, 15) is 14.4 Å². The molecule has 0 fully saturated rings. The number of amides is 1. The van der Waals surface area contributed by atoms with Crippen molar-refractivity contribution in [2.24, 2.45) is 0 Å². The maximum atomic E-state index is 12.4. The fraction of sp³-hybridized carbons (Fsp3) is 0.227. The molecule has 2 aromatic carbocycles. The lowest BCUT2D eigenvalue weighted by molar-refractivity contribution is 0.0734. The fourth-order valence-electron chi connectivity index (χ4n) is 2.79. The quantitative estimate of drug-likeness (QED) is 0.286. The third-order valence-electron chi connectivity index (χ3n) is 4.34. The van der Waals surface area contributed by atoms with Gasteiger partial charge < -0.3 is 19.2 Å². The lowest BCUT2D eigenvalue weighted by Crippen LogP contribution is -2.29. The number of methoxy groups -OCH3 is 1. The molecule has 0 atom stereocenters. The molecule has 0 aliphatic heterocycles. The molecule has 1 amide bonds. The van der Waals surface area contributed by atoms with Crippen LogP contribution in [0.3, 0.4) is 0 Å². The number of aryl methyl sites for hydroxylation is 1. The van der Waals surface area contributed by atoms with Crippen LogP contribution in [0.15, 0.2) is 57.7 Å². The zero-order valence-corrected chi connectivity index (χ0v) is 16.2. The number of ether oxygens (including phenoxy) is 2. The number of carbonyl (C=O) groups is 2. The van der Waals surface area contributed by atoms with Gasteiger partial charge in [0.25, 0.3) is 5.91 Å². The average molecular weight is 395 g/mol. The molecule has 29 heavy (non-hydrogen) atoms. The minimum absolute atomic E-state index is 0.0837. The van der Waals surface area contributed by atoms with Gasteiger partial charge in [-0.15, -0.1) is 0 Å². The first-order valence-corrected chi connectivity index (χ1v) is 9.12. The Morgan fingerprint density at radius 2 is 1.86 bits per heavy atom. The van der Waals surface area contributed by atoms with E-state index in [2.05, 4.69) is 5.32 Å². The number of carbonyl (C=O) groups excluding carboxylic acids is 2. The molecule has 0 radical (unpaired) electrons. The van der Waals surface area contributed by atoms with Crippen LogP contribution in [0.4, 0.5) is 0 Å². The Morgan fingerprint density at radius 3 is 2.62 bits per heavy atom. The summed E-state index contributed by atoms with van der Waals surface area (Å²) < 4.78 is 15.6. The number of benzene rings is 2. The average Bonchev–Trinajstić information content (AvgIpc) is 2.70. The van der Waals surface area contributed by atoms with Crippen LogP contribution >= 0.6 is 0 Å². The molecule has 1 N–H and O–H groups in total. The van der Waals surface area contributed by atoms with Gasteiger partial charge in [0.15, 0.2) is 0 Å². The topological polar surface area (TPSA) is 94.8 Å². The summed E-state index contributed by atoms with van der Waals surface area (Å²) in [6.45, 7) is 2.71.